The summed E-state index contributed by atoms with van der Waals surface area (Å²) in [5, 5.41) is 9.56. The molecule has 0 amide bonds. The van der Waals surface area contributed by atoms with Crippen molar-refractivity contribution in [1.29, 1.82) is 0 Å². The van der Waals surface area contributed by atoms with Gasteiger partial charge in [-0.1, -0.05) is 52.4 Å². The normalized spacial score (nSPS) is 12.9. The lowest BCUT2D eigenvalue weighted by molar-refractivity contribution is 0.229. The highest BCUT2D eigenvalue weighted by molar-refractivity contribution is 7.17. The van der Waals surface area contributed by atoms with Gasteiger partial charge in [0, 0.05) is 20.2 Å². The summed E-state index contributed by atoms with van der Waals surface area (Å²) in [6.45, 7) is 5.42. The Bertz CT molecular complexity index is 1050. The van der Waals surface area contributed by atoms with Gasteiger partial charge in [0.05, 0.1) is 6.61 Å². The van der Waals surface area contributed by atoms with Crippen LogP contribution in [0.4, 0.5) is 0 Å². The SMILES string of the molecule is CCCCCCC(CCCC)COc1c2cc3sccc3cc2cc2sccc12. The van der Waals surface area contributed by atoms with Crippen LogP contribution in [0.5, 0.6) is 5.75 Å². The highest BCUT2D eigenvalue weighted by Gasteiger charge is 2.15. The van der Waals surface area contributed by atoms with Gasteiger partial charge in [-0.25, -0.2) is 0 Å². The van der Waals surface area contributed by atoms with E-state index in [0.717, 1.165) is 12.4 Å². The lowest BCUT2D eigenvalue weighted by Gasteiger charge is -2.19. The fraction of sp³-hybridized carbons (Fsp3) is 0.462. The number of unbranched alkanes of at least 4 members (excludes halogenated alkanes) is 4. The van der Waals surface area contributed by atoms with Gasteiger partial charge in [0.15, 0.2) is 0 Å². The Balaban J connectivity index is 1.60. The summed E-state index contributed by atoms with van der Waals surface area (Å²) in [4.78, 5) is 0. The van der Waals surface area contributed by atoms with E-state index in [1.807, 2.05) is 22.7 Å². The summed E-state index contributed by atoms with van der Waals surface area (Å²) in [5.74, 6) is 1.77. The maximum atomic E-state index is 6.64. The van der Waals surface area contributed by atoms with E-state index in [9.17, 15) is 0 Å². The Morgan fingerprint density at radius 2 is 1.55 bits per heavy atom. The summed E-state index contributed by atoms with van der Waals surface area (Å²) in [6, 6.07) is 11.4. The van der Waals surface area contributed by atoms with Crippen LogP contribution in [-0.4, -0.2) is 6.61 Å². The number of ether oxygens (including phenoxy) is 1. The van der Waals surface area contributed by atoms with Gasteiger partial charge in [0.2, 0.25) is 0 Å². The first-order valence-corrected chi connectivity index (χ1v) is 13.0. The van der Waals surface area contributed by atoms with Crippen LogP contribution in [0.2, 0.25) is 0 Å². The van der Waals surface area contributed by atoms with Crippen molar-refractivity contribution in [1.82, 2.24) is 0 Å². The van der Waals surface area contributed by atoms with Crippen molar-refractivity contribution >= 4 is 53.6 Å². The molecule has 0 radical (unpaired) electrons. The molecule has 0 saturated carbocycles. The van der Waals surface area contributed by atoms with E-state index in [0.29, 0.717) is 5.92 Å². The molecule has 4 aromatic rings. The van der Waals surface area contributed by atoms with E-state index >= 15 is 0 Å². The van der Waals surface area contributed by atoms with Gasteiger partial charge in [-0.2, -0.15) is 0 Å². The van der Waals surface area contributed by atoms with Crippen LogP contribution in [0.25, 0.3) is 30.9 Å². The fourth-order valence-electron chi connectivity index (χ4n) is 4.27. The highest BCUT2D eigenvalue weighted by atomic mass is 32.1. The Hall–Kier alpha value is -1.58. The summed E-state index contributed by atoms with van der Waals surface area (Å²) >= 11 is 3.63. The molecule has 1 unspecified atom stereocenters. The fourth-order valence-corrected chi connectivity index (χ4v) is 5.91. The second kappa shape index (κ2) is 9.95. The van der Waals surface area contributed by atoms with Crippen LogP contribution in [0, 0.1) is 5.92 Å². The second-order valence-corrected chi connectivity index (χ2v) is 10.1. The molecule has 2 aromatic heterocycles. The maximum absolute atomic E-state index is 6.64. The molecule has 154 valence electrons. The molecule has 0 N–H and O–H groups in total. The third kappa shape index (κ3) is 4.78. The lowest BCUT2D eigenvalue weighted by Crippen LogP contribution is -2.12. The molecule has 0 fully saturated rings. The molecule has 29 heavy (non-hydrogen) atoms. The Kier molecular flexibility index (Phi) is 7.10. The van der Waals surface area contributed by atoms with Gasteiger partial charge in [-0.3, -0.25) is 0 Å². The monoisotopic (exact) mass is 424 g/mol. The number of benzene rings is 2. The van der Waals surface area contributed by atoms with E-state index in [-0.39, 0.29) is 0 Å². The lowest BCUT2D eigenvalue weighted by atomic mass is 9.96. The molecule has 0 aliphatic rings. The van der Waals surface area contributed by atoms with Crippen molar-refractivity contribution in [3.8, 4) is 5.75 Å². The third-order valence-corrected chi connectivity index (χ3v) is 7.73. The predicted octanol–water partition coefficient (Wildman–Crippen LogP) is 9.42. The summed E-state index contributed by atoms with van der Waals surface area (Å²) in [6.07, 6.45) is 10.5. The van der Waals surface area contributed by atoms with E-state index in [1.165, 1.54) is 82.3 Å². The minimum Gasteiger partial charge on any atom is -0.492 e. The molecule has 0 aliphatic heterocycles. The smallest absolute Gasteiger partial charge is 0.135 e. The molecule has 2 heterocycles. The van der Waals surface area contributed by atoms with Crippen molar-refractivity contribution in [3.63, 3.8) is 0 Å². The van der Waals surface area contributed by atoms with Crippen LogP contribution < -0.4 is 4.74 Å². The van der Waals surface area contributed by atoms with E-state index in [2.05, 4.69) is 54.9 Å². The van der Waals surface area contributed by atoms with Gasteiger partial charge < -0.3 is 4.74 Å². The van der Waals surface area contributed by atoms with Crippen LogP contribution >= 0.6 is 22.7 Å². The molecule has 0 spiro atoms. The zero-order valence-corrected chi connectivity index (χ0v) is 19.3. The molecule has 0 saturated heterocycles. The van der Waals surface area contributed by atoms with Crippen LogP contribution in [0.1, 0.15) is 65.2 Å². The molecule has 0 aliphatic carbocycles. The average Bonchev–Trinajstić information content (AvgIpc) is 3.38. The first-order chi connectivity index (χ1) is 14.3. The van der Waals surface area contributed by atoms with Gasteiger partial charge >= 0.3 is 0 Å². The van der Waals surface area contributed by atoms with Crippen molar-refractivity contribution < 1.29 is 4.74 Å². The number of fused-ring (bicyclic) bond motifs is 3. The molecule has 2 aromatic carbocycles. The molecule has 1 atom stereocenters. The van der Waals surface area contributed by atoms with Crippen molar-refractivity contribution in [2.24, 2.45) is 5.92 Å². The minimum absolute atomic E-state index is 0.668. The molecule has 1 nitrogen and oxygen atoms in total. The second-order valence-electron chi connectivity index (χ2n) is 8.24. The Morgan fingerprint density at radius 3 is 2.41 bits per heavy atom. The van der Waals surface area contributed by atoms with Gasteiger partial charge in [0.1, 0.15) is 5.75 Å². The first kappa shape index (κ1) is 20.7. The largest absolute Gasteiger partial charge is 0.492 e. The number of hydrogen-bond donors (Lipinski definition) is 0. The summed E-state index contributed by atoms with van der Waals surface area (Å²) in [5.41, 5.74) is 0. The van der Waals surface area contributed by atoms with Gasteiger partial charge in [0.25, 0.3) is 0 Å². The molecular weight excluding hydrogens is 392 g/mol. The van der Waals surface area contributed by atoms with Gasteiger partial charge in [-0.05, 0) is 70.6 Å². The van der Waals surface area contributed by atoms with Crippen LogP contribution in [0.15, 0.2) is 41.1 Å². The molecular formula is C26H32OS2. The number of rotatable bonds is 11. The van der Waals surface area contributed by atoms with E-state index in [1.54, 1.807) is 0 Å². The standard InChI is InChI=1S/C26H32OS2/c1-3-5-7-8-10-19(9-6-4-2)18-27-26-22-12-14-29-25(22)16-21-15-20-11-13-28-24(20)17-23(21)26/h11-17,19H,3-10,18H2,1-2H3. The molecule has 4 rings (SSSR count). The topological polar surface area (TPSA) is 9.23 Å². The quantitative estimate of drug-likeness (QED) is 0.218. The van der Waals surface area contributed by atoms with Gasteiger partial charge in [-0.15, -0.1) is 22.7 Å². The summed E-state index contributed by atoms with van der Waals surface area (Å²) < 4.78 is 9.32. The predicted molar refractivity (Wildman–Crippen MR) is 132 cm³/mol. The minimum atomic E-state index is 0.668. The van der Waals surface area contributed by atoms with Crippen LogP contribution in [0.3, 0.4) is 0 Å². The zero-order chi connectivity index (χ0) is 20.1. The van der Waals surface area contributed by atoms with Crippen molar-refractivity contribution in [2.75, 3.05) is 6.61 Å². The summed E-state index contributed by atoms with van der Waals surface area (Å²) in [7, 11) is 0. The number of hydrogen-bond acceptors (Lipinski definition) is 3. The number of thiophene rings is 2. The molecule has 3 heteroatoms. The van der Waals surface area contributed by atoms with Crippen molar-refractivity contribution in [2.45, 2.75) is 65.2 Å². The average molecular weight is 425 g/mol. The zero-order valence-electron chi connectivity index (χ0n) is 17.7. The van der Waals surface area contributed by atoms with Crippen molar-refractivity contribution in [3.05, 3.63) is 41.1 Å². The maximum Gasteiger partial charge on any atom is 0.135 e. The van der Waals surface area contributed by atoms with Crippen LogP contribution in [-0.2, 0) is 0 Å². The van der Waals surface area contributed by atoms with E-state index < -0.39 is 0 Å². The first-order valence-electron chi connectivity index (χ1n) is 11.2. The Labute approximate surface area is 182 Å². The highest BCUT2D eigenvalue weighted by Crippen LogP contribution is 2.40. The van der Waals surface area contributed by atoms with E-state index in [4.69, 9.17) is 4.74 Å². The Morgan fingerprint density at radius 1 is 0.759 bits per heavy atom. The third-order valence-electron chi connectivity index (χ3n) is 5.99. The molecule has 0 bridgehead atoms.